The summed E-state index contributed by atoms with van der Waals surface area (Å²) >= 11 is 0. The van der Waals surface area contributed by atoms with Crippen molar-refractivity contribution in [3.8, 4) is 5.75 Å². The van der Waals surface area contributed by atoms with Crippen LogP contribution in [0, 0.1) is 6.92 Å². The minimum Gasteiger partial charge on any atom is -0.493 e. The van der Waals surface area contributed by atoms with E-state index in [-0.39, 0.29) is 5.78 Å². The van der Waals surface area contributed by atoms with Crippen LogP contribution in [-0.2, 0) is 0 Å². The van der Waals surface area contributed by atoms with Crippen molar-refractivity contribution < 1.29 is 13.9 Å². The van der Waals surface area contributed by atoms with Gasteiger partial charge in [0.05, 0.1) is 12.2 Å². The van der Waals surface area contributed by atoms with Gasteiger partial charge in [-0.3, -0.25) is 4.79 Å². The highest BCUT2D eigenvalue weighted by atomic mass is 16.5. The maximum atomic E-state index is 12.6. The number of hydrogen-bond donors (Lipinski definition) is 0. The standard InChI is InChI=1S/C18H16O3/c1-3-20-16-7-5-4-6-14(16)18(19)17-11-13-10-12(2)8-9-15(13)21-17/h4-11H,3H2,1-2H3. The highest BCUT2D eigenvalue weighted by molar-refractivity contribution is 6.10. The van der Waals surface area contributed by atoms with Crippen LogP contribution in [0.15, 0.2) is 52.9 Å². The molecule has 0 fully saturated rings. The molecule has 3 nitrogen and oxygen atoms in total. The van der Waals surface area contributed by atoms with Crippen molar-refractivity contribution in [2.45, 2.75) is 13.8 Å². The third-order valence-corrected chi connectivity index (χ3v) is 3.33. The number of rotatable bonds is 4. The molecule has 0 aliphatic rings. The molecule has 0 aliphatic carbocycles. The normalized spacial score (nSPS) is 10.8. The summed E-state index contributed by atoms with van der Waals surface area (Å²) in [5.74, 6) is 0.761. The molecule has 2 aromatic carbocycles. The van der Waals surface area contributed by atoms with E-state index in [0.717, 1.165) is 16.5 Å². The second-order valence-corrected chi connectivity index (χ2v) is 4.91. The summed E-state index contributed by atoms with van der Waals surface area (Å²) in [5, 5.41) is 0.937. The maximum absolute atomic E-state index is 12.6. The average molecular weight is 280 g/mol. The summed E-state index contributed by atoms with van der Waals surface area (Å²) in [6, 6.07) is 14.9. The largest absolute Gasteiger partial charge is 0.493 e. The molecule has 0 N–H and O–H groups in total. The number of aryl methyl sites for hydroxylation is 1. The highest BCUT2D eigenvalue weighted by Crippen LogP contribution is 2.26. The first kappa shape index (κ1) is 13.4. The fourth-order valence-corrected chi connectivity index (χ4v) is 2.34. The Morgan fingerprint density at radius 1 is 1.14 bits per heavy atom. The molecule has 0 amide bonds. The van der Waals surface area contributed by atoms with Crippen LogP contribution in [-0.4, -0.2) is 12.4 Å². The minimum absolute atomic E-state index is 0.159. The third kappa shape index (κ3) is 2.55. The van der Waals surface area contributed by atoms with Crippen LogP contribution in [0.1, 0.15) is 28.6 Å². The van der Waals surface area contributed by atoms with Gasteiger partial charge < -0.3 is 9.15 Å². The molecule has 0 spiro atoms. The molecule has 1 aromatic heterocycles. The van der Waals surface area contributed by atoms with Gasteiger partial charge >= 0.3 is 0 Å². The van der Waals surface area contributed by atoms with Gasteiger partial charge in [-0.05, 0) is 44.2 Å². The van der Waals surface area contributed by atoms with Gasteiger partial charge in [-0.2, -0.15) is 0 Å². The second-order valence-electron chi connectivity index (χ2n) is 4.91. The lowest BCUT2D eigenvalue weighted by molar-refractivity contribution is 0.101. The second kappa shape index (κ2) is 5.44. The lowest BCUT2D eigenvalue weighted by Crippen LogP contribution is -2.04. The van der Waals surface area contributed by atoms with Crippen molar-refractivity contribution in [2.75, 3.05) is 6.61 Å². The number of para-hydroxylation sites is 1. The summed E-state index contributed by atoms with van der Waals surface area (Å²) in [6.45, 7) is 4.42. The van der Waals surface area contributed by atoms with Crippen molar-refractivity contribution in [2.24, 2.45) is 0 Å². The quantitative estimate of drug-likeness (QED) is 0.666. The van der Waals surface area contributed by atoms with Crippen LogP contribution in [0.3, 0.4) is 0 Å². The number of furan rings is 1. The van der Waals surface area contributed by atoms with Gasteiger partial charge in [0.15, 0.2) is 5.76 Å². The van der Waals surface area contributed by atoms with Crippen molar-refractivity contribution in [3.05, 3.63) is 65.4 Å². The molecule has 3 rings (SSSR count). The first-order valence-corrected chi connectivity index (χ1v) is 6.96. The Bertz CT molecular complexity index is 799. The predicted octanol–water partition coefficient (Wildman–Crippen LogP) is 4.37. The van der Waals surface area contributed by atoms with E-state index in [4.69, 9.17) is 9.15 Å². The van der Waals surface area contributed by atoms with Crippen molar-refractivity contribution >= 4 is 16.8 Å². The number of carbonyl (C=O) groups excluding carboxylic acids is 1. The van der Waals surface area contributed by atoms with Crippen LogP contribution in [0.4, 0.5) is 0 Å². The first-order chi connectivity index (χ1) is 10.2. The average Bonchev–Trinajstić information content (AvgIpc) is 2.90. The zero-order valence-electron chi connectivity index (χ0n) is 12.1. The summed E-state index contributed by atoms with van der Waals surface area (Å²) in [6.07, 6.45) is 0. The van der Waals surface area contributed by atoms with Crippen LogP contribution >= 0.6 is 0 Å². The fraction of sp³-hybridized carbons (Fsp3) is 0.167. The zero-order chi connectivity index (χ0) is 14.8. The van der Waals surface area contributed by atoms with Crippen LogP contribution in [0.25, 0.3) is 11.0 Å². The number of fused-ring (bicyclic) bond motifs is 1. The van der Waals surface area contributed by atoms with Crippen LogP contribution in [0.5, 0.6) is 5.75 Å². The number of hydrogen-bond acceptors (Lipinski definition) is 3. The lowest BCUT2D eigenvalue weighted by atomic mass is 10.1. The Hall–Kier alpha value is -2.55. The van der Waals surface area contributed by atoms with Crippen LogP contribution < -0.4 is 4.74 Å². The minimum atomic E-state index is -0.159. The molecule has 3 aromatic rings. The van der Waals surface area contributed by atoms with E-state index in [1.165, 1.54) is 0 Å². The number of ketones is 1. The van der Waals surface area contributed by atoms with Gasteiger partial charge in [0.25, 0.3) is 0 Å². The Kier molecular flexibility index (Phi) is 3.48. The Balaban J connectivity index is 2.04. The molecule has 3 heteroatoms. The molecule has 0 aliphatic heterocycles. The molecule has 0 radical (unpaired) electrons. The van der Waals surface area contributed by atoms with E-state index in [1.807, 2.05) is 44.2 Å². The Morgan fingerprint density at radius 3 is 2.76 bits per heavy atom. The van der Waals surface area contributed by atoms with E-state index < -0.39 is 0 Å². The van der Waals surface area contributed by atoms with Gasteiger partial charge in [-0.1, -0.05) is 23.8 Å². The van der Waals surface area contributed by atoms with Gasteiger partial charge in [-0.15, -0.1) is 0 Å². The summed E-state index contributed by atoms with van der Waals surface area (Å²) < 4.78 is 11.2. The SMILES string of the molecule is CCOc1ccccc1C(=O)c1cc2cc(C)ccc2o1. The van der Waals surface area contributed by atoms with Crippen molar-refractivity contribution in [3.63, 3.8) is 0 Å². The molecule has 0 atom stereocenters. The smallest absolute Gasteiger partial charge is 0.231 e. The van der Waals surface area contributed by atoms with E-state index in [0.29, 0.717) is 23.7 Å². The molecule has 0 unspecified atom stereocenters. The molecule has 1 heterocycles. The summed E-state index contributed by atoms with van der Waals surface area (Å²) in [7, 11) is 0. The molecule has 0 saturated heterocycles. The zero-order valence-corrected chi connectivity index (χ0v) is 12.1. The topological polar surface area (TPSA) is 39.4 Å². The Labute approximate surface area is 123 Å². The summed E-state index contributed by atoms with van der Waals surface area (Å²) in [4.78, 5) is 12.6. The van der Waals surface area contributed by atoms with Crippen LogP contribution in [0.2, 0.25) is 0 Å². The molecule has 21 heavy (non-hydrogen) atoms. The van der Waals surface area contributed by atoms with Gasteiger partial charge in [0, 0.05) is 5.39 Å². The molecule has 0 saturated carbocycles. The molecular formula is C18H16O3. The van der Waals surface area contributed by atoms with Crippen molar-refractivity contribution in [1.29, 1.82) is 0 Å². The van der Waals surface area contributed by atoms with E-state index in [1.54, 1.807) is 18.2 Å². The maximum Gasteiger partial charge on any atom is 0.231 e. The third-order valence-electron chi connectivity index (χ3n) is 3.33. The van der Waals surface area contributed by atoms with Gasteiger partial charge in [0.2, 0.25) is 5.78 Å². The summed E-state index contributed by atoms with van der Waals surface area (Å²) in [5.41, 5.74) is 2.38. The number of carbonyl (C=O) groups is 1. The molecule has 0 bridgehead atoms. The molecular weight excluding hydrogens is 264 g/mol. The van der Waals surface area contributed by atoms with E-state index in [2.05, 4.69) is 0 Å². The Morgan fingerprint density at radius 2 is 1.95 bits per heavy atom. The number of ether oxygens (including phenoxy) is 1. The predicted molar refractivity (Wildman–Crippen MR) is 82.0 cm³/mol. The molecule has 106 valence electrons. The highest BCUT2D eigenvalue weighted by Gasteiger charge is 2.18. The lowest BCUT2D eigenvalue weighted by Gasteiger charge is -2.07. The van der Waals surface area contributed by atoms with Gasteiger partial charge in [0.1, 0.15) is 11.3 Å². The van der Waals surface area contributed by atoms with Gasteiger partial charge in [-0.25, -0.2) is 0 Å². The monoisotopic (exact) mass is 280 g/mol. The first-order valence-electron chi connectivity index (χ1n) is 6.96. The van der Waals surface area contributed by atoms with E-state index in [9.17, 15) is 4.79 Å². The van der Waals surface area contributed by atoms with Crippen molar-refractivity contribution in [1.82, 2.24) is 0 Å². The fourth-order valence-electron chi connectivity index (χ4n) is 2.34. The van der Waals surface area contributed by atoms with E-state index >= 15 is 0 Å². The number of benzene rings is 2.